The van der Waals surface area contributed by atoms with E-state index in [9.17, 15) is 4.79 Å². The molecule has 0 saturated carbocycles. The summed E-state index contributed by atoms with van der Waals surface area (Å²) in [6.45, 7) is 2.93. The summed E-state index contributed by atoms with van der Waals surface area (Å²) in [5, 5.41) is 9.53. The summed E-state index contributed by atoms with van der Waals surface area (Å²) in [5.41, 5.74) is 7.36. The third-order valence-corrected chi connectivity index (χ3v) is 5.15. The molecule has 1 aliphatic rings. The average molecular weight is 389 g/mol. The first kappa shape index (κ1) is 18.7. The molecule has 0 unspecified atom stereocenters. The van der Waals surface area contributed by atoms with Gasteiger partial charge in [0.05, 0.1) is 0 Å². The number of pyridine rings is 1. The molecule has 3 N–H and O–H groups in total. The minimum Gasteiger partial charge on any atom is -0.484 e. The van der Waals surface area contributed by atoms with E-state index in [-0.39, 0.29) is 18.3 Å². The fourth-order valence-corrected chi connectivity index (χ4v) is 3.49. The molecule has 0 bridgehead atoms. The highest BCUT2D eigenvalue weighted by Gasteiger charge is 2.21. The van der Waals surface area contributed by atoms with Gasteiger partial charge in [0.25, 0.3) is 5.91 Å². The number of nitrogen functional groups attached to an aromatic ring is 1. The Morgan fingerprint density at radius 1 is 1.00 bits per heavy atom. The van der Waals surface area contributed by atoms with Crippen LogP contribution in [0, 0.1) is 5.41 Å². The molecule has 2 heterocycles. The second-order valence-electron chi connectivity index (χ2n) is 7.00. The van der Waals surface area contributed by atoms with E-state index in [1.807, 2.05) is 53.4 Å². The lowest BCUT2D eigenvalue weighted by Gasteiger charge is -2.36. The molecule has 0 atom stereocenters. The summed E-state index contributed by atoms with van der Waals surface area (Å²) in [6, 6.07) is 15.2. The van der Waals surface area contributed by atoms with Crippen molar-refractivity contribution < 1.29 is 9.53 Å². The predicted molar refractivity (Wildman–Crippen MR) is 113 cm³/mol. The van der Waals surface area contributed by atoms with E-state index in [1.54, 1.807) is 12.4 Å². The van der Waals surface area contributed by atoms with Crippen LogP contribution >= 0.6 is 0 Å². The number of hydrogen-bond acceptors (Lipinski definition) is 5. The van der Waals surface area contributed by atoms with E-state index in [2.05, 4.69) is 9.88 Å². The van der Waals surface area contributed by atoms with Crippen LogP contribution in [0.3, 0.4) is 0 Å². The number of amides is 1. The van der Waals surface area contributed by atoms with E-state index >= 15 is 0 Å². The number of ether oxygens (including phenoxy) is 1. The molecule has 3 aromatic rings. The maximum Gasteiger partial charge on any atom is 0.260 e. The number of carbonyl (C=O) groups is 1. The zero-order valence-electron chi connectivity index (χ0n) is 16.0. The highest BCUT2D eigenvalue weighted by atomic mass is 16.5. The maximum atomic E-state index is 12.5. The van der Waals surface area contributed by atoms with Gasteiger partial charge in [-0.25, -0.2) is 0 Å². The zero-order chi connectivity index (χ0) is 20.2. The molecule has 1 aliphatic heterocycles. The third-order valence-electron chi connectivity index (χ3n) is 5.15. The Morgan fingerprint density at radius 3 is 2.45 bits per heavy atom. The number of nitrogens with two attached hydrogens (primary N) is 1. The van der Waals surface area contributed by atoms with Gasteiger partial charge < -0.3 is 20.3 Å². The lowest BCUT2D eigenvalue weighted by atomic mass is 10.1. The van der Waals surface area contributed by atoms with Crippen molar-refractivity contribution >= 4 is 28.2 Å². The van der Waals surface area contributed by atoms with Crippen LogP contribution < -0.4 is 15.4 Å². The monoisotopic (exact) mass is 389 g/mol. The third kappa shape index (κ3) is 4.29. The fraction of sp³-hybridized carbons (Fsp3) is 0.227. The number of rotatable bonds is 5. The summed E-state index contributed by atoms with van der Waals surface area (Å²) < 4.78 is 5.74. The Labute approximate surface area is 169 Å². The molecular weight excluding hydrogens is 366 g/mol. The molecule has 29 heavy (non-hydrogen) atoms. The van der Waals surface area contributed by atoms with Crippen LogP contribution in [0.1, 0.15) is 5.56 Å². The van der Waals surface area contributed by atoms with Crippen molar-refractivity contribution in [3.05, 3.63) is 66.5 Å². The van der Waals surface area contributed by atoms with Crippen LogP contribution in [0.15, 0.2) is 60.9 Å². The predicted octanol–water partition coefficient (Wildman–Crippen LogP) is 2.25. The molecule has 2 aromatic carbocycles. The van der Waals surface area contributed by atoms with E-state index in [0.29, 0.717) is 24.4 Å². The second-order valence-corrected chi connectivity index (χ2v) is 7.00. The molecule has 0 spiro atoms. The van der Waals surface area contributed by atoms with Crippen LogP contribution in [0.4, 0.5) is 5.69 Å². The lowest BCUT2D eigenvalue weighted by Crippen LogP contribution is -2.50. The van der Waals surface area contributed by atoms with Crippen LogP contribution in [0.25, 0.3) is 10.8 Å². The molecule has 1 amide bonds. The Bertz CT molecular complexity index is 1030. The topological polar surface area (TPSA) is 95.5 Å². The van der Waals surface area contributed by atoms with E-state index in [1.165, 1.54) is 0 Å². The SMILES string of the molecule is N=C(N)c1ccc2ccc(OCC(=O)N3CCN(c4ccncc4)CC3)cc2c1. The van der Waals surface area contributed by atoms with Crippen molar-refractivity contribution in [1.82, 2.24) is 9.88 Å². The molecule has 148 valence electrons. The van der Waals surface area contributed by atoms with Crippen molar-refractivity contribution in [3.8, 4) is 5.75 Å². The first-order chi connectivity index (χ1) is 14.1. The number of fused-ring (bicyclic) bond motifs is 1. The van der Waals surface area contributed by atoms with Gasteiger partial charge >= 0.3 is 0 Å². The van der Waals surface area contributed by atoms with E-state index in [4.69, 9.17) is 15.9 Å². The summed E-state index contributed by atoms with van der Waals surface area (Å²) in [6.07, 6.45) is 3.56. The largest absolute Gasteiger partial charge is 0.484 e. The van der Waals surface area contributed by atoms with Gasteiger partial charge in [-0.05, 0) is 41.1 Å². The summed E-state index contributed by atoms with van der Waals surface area (Å²) >= 11 is 0. The van der Waals surface area contributed by atoms with Gasteiger partial charge in [0, 0.05) is 49.8 Å². The van der Waals surface area contributed by atoms with Gasteiger partial charge in [0.1, 0.15) is 11.6 Å². The van der Waals surface area contributed by atoms with Crippen LogP contribution in [0.2, 0.25) is 0 Å². The van der Waals surface area contributed by atoms with Crippen molar-refractivity contribution in [1.29, 1.82) is 5.41 Å². The van der Waals surface area contributed by atoms with Crippen molar-refractivity contribution in [3.63, 3.8) is 0 Å². The number of amidine groups is 1. The smallest absolute Gasteiger partial charge is 0.260 e. The molecule has 7 heteroatoms. The van der Waals surface area contributed by atoms with Gasteiger partial charge in [0.15, 0.2) is 6.61 Å². The van der Waals surface area contributed by atoms with Gasteiger partial charge in [0.2, 0.25) is 0 Å². The number of nitrogens with one attached hydrogen (secondary N) is 1. The van der Waals surface area contributed by atoms with Crippen molar-refractivity contribution in [2.45, 2.75) is 0 Å². The highest BCUT2D eigenvalue weighted by Crippen LogP contribution is 2.22. The minimum atomic E-state index is -0.0167. The summed E-state index contributed by atoms with van der Waals surface area (Å²) in [4.78, 5) is 20.7. The first-order valence-corrected chi connectivity index (χ1v) is 9.54. The fourth-order valence-electron chi connectivity index (χ4n) is 3.49. The Kier molecular flexibility index (Phi) is 5.29. The van der Waals surface area contributed by atoms with Crippen molar-refractivity contribution in [2.75, 3.05) is 37.7 Å². The number of anilines is 1. The Morgan fingerprint density at radius 2 is 1.72 bits per heavy atom. The first-order valence-electron chi connectivity index (χ1n) is 9.54. The molecule has 4 rings (SSSR count). The second kappa shape index (κ2) is 8.18. The Hall–Kier alpha value is -3.61. The summed E-state index contributed by atoms with van der Waals surface area (Å²) in [7, 11) is 0. The molecule has 1 saturated heterocycles. The van der Waals surface area contributed by atoms with Crippen LogP contribution in [-0.4, -0.2) is 54.4 Å². The quantitative estimate of drug-likeness (QED) is 0.515. The van der Waals surface area contributed by atoms with Gasteiger partial charge in [-0.1, -0.05) is 18.2 Å². The Balaban J connectivity index is 1.34. The maximum absolute atomic E-state index is 12.5. The van der Waals surface area contributed by atoms with Crippen molar-refractivity contribution in [2.24, 2.45) is 5.73 Å². The van der Waals surface area contributed by atoms with E-state index in [0.717, 1.165) is 29.5 Å². The molecule has 0 aliphatic carbocycles. The highest BCUT2D eigenvalue weighted by molar-refractivity contribution is 5.99. The molecule has 7 nitrogen and oxygen atoms in total. The number of nitrogens with zero attached hydrogens (tertiary/aromatic N) is 3. The lowest BCUT2D eigenvalue weighted by molar-refractivity contribution is -0.133. The standard InChI is InChI=1S/C22H23N5O2/c23-22(24)17-2-1-16-3-4-20(14-18(16)13-17)29-15-21(28)27-11-9-26(10-12-27)19-5-7-25-8-6-19/h1-8,13-14H,9-12,15H2,(H3,23,24). The number of hydrogen-bond donors (Lipinski definition) is 2. The molecule has 0 radical (unpaired) electrons. The van der Waals surface area contributed by atoms with Crippen LogP contribution in [0.5, 0.6) is 5.75 Å². The number of carbonyl (C=O) groups excluding carboxylic acids is 1. The van der Waals surface area contributed by atoms with Gasteiger partial charge in [-0.15, -0.1) is 0 Å². The van der Waals surface area contributed by atoms with Gasteiger partial charge in [-0.3, -0.25) is 15.2 Å². The van der Waals surface area contributed by atoms with E-state index < -0.39 is 0 Å². The number of piperazine rings is 1. The minimum absolute atomic E-state index is 0.00711. The number of aromatic nitrogens is 1. The van der Waals surface area contributed by atoms with Crippen LogP contribution in [-0.2, 0) is 4.79 Å². The average Bonchev–Trinajstić information content (AvgIpc) is 2.77. The normalized spacial score (nSPS) is 14.1. The molecule has 1 aromatic heterocycles. The molecule has 1 fully saturated rings. The van der Waals surface area contributed by atoms with Gasteiger partial charge in [-0.2, -0.15) is 0 Å². The number of benzene rings is 2. The summed E-state index contributed by atoms with van der Waals surface area (Å²) in [5.74, 6) is 0.637. The zero-order valence-corrected chi connectivity index (χ0v) is 16.0. The molecular formula is C22H23N5O2.